The fraction of sp³-hybridized carbons (Fsp3) is 0.818. The summed E-state index contributed by atoms with van der Waals surface area (Å²) in [7, 11) is 0. The molecule has 4 nitrogen and oxygen atoms in total. The second-order valence-electron chi connectivity index (χ2n) is 4.17. The first kappa shape index (κ1) is 12.0. The van der Waals surface area contributed by atoms with Gasteiger partial charge >= 0.3 is 0 Å². The van der Waals surface area contributed by atoms with Gasteiger partial charge in [-0.2, -0.15) is 0 Å². The molecule has 1 atom stereocenters. The first-order valence-electron chi connectivity index (χ1n) is 5.66. The van der Waals surface area contributed by atoms with Gasteiger partial charge in [0.05, 0.1) is 6.04 Å². The molecular weight excluding hydrogens is 192 g/mol. The molecule has 0 aromatic rings. The van der Waals surface area contributed by atoms with Crippen LogP contribution < -0.4 is 5.32 Å². The van der Waals surface area contributed by atoms with E-state index in [1.54, 1.807) is 4.90 Å². The van der Waals surface area contributed by atoms with Crippen LogP contribution in [0.1, 0.15) is 33.6 Å². The molecule has 4 heteroatoms. The zero-order valence-corrected chi connectivity index (χ0v) is 9.75. The molecule has 0 radical (unpaired) electrons. The second kappa shape index (κ2) is 5.14. The van der Waals surface area contributed by atoms with Gasteiger partial charge in [0.1, 0.15) is 0 Å². The van der Waals surface area contributed by atoms with Gasteiger partial charge in [-0.05, 0) is 6.42 Å². The molecule has 0 bridgehead atoms. The Kier molecular flexibility index (Phi) is 4.12. The van der Waals surface area contributed by atoms with E-state index in [0.717, 1.165) is 6.42 Å². The van der Waals surface area contributed by atoms with Crippen molar-refractivity contribution in [3.63, 3.8) is 0 Å². The summed E-state index contributed by atoms with van der Waals surface area (Å²) < 4.78 is 0. The molecular formula is C11H20N2O2. The summed E-state index contributed by atoms with van der Waals surface area (Å²) in [6.45, 7) is 7.12. The van der Waals surface area contributed by atoms with Crippen molar-refractivity contribution < 1.29 is 9.59 Å². The monoisotopic (exact) mass is 212 g/mol. The van der Waals surface area contributed by atoms with E-state index in [2.05, 4.69) is 5.32 Å². The number of nitrogens with zero attached hydrogens (tertiary/aromatic N) is 1. The fourth-order valence-corrected chi connectivity index (χ4v) is 1.53. The van der Waals surface area contributed by atoms with Gasteiger partial charge in [-0.15, -0.1) is 0 Å². The van der Waals surface area contributed by atoms with Crippen molar-refractivity contribution in [2.75, 3.05) is 13.1 Å². The molecule has 0 aliphatic carbocycles. The van der Waals surface area contributed by atoms with Crippen LogP contribution in [-0.4, -0.2) is 35.8 Å². The summed E-state index contributed by atoms with van der Waals surface area (Å²) in [5.41, 5.74) is 0. The summed E-state index contributed by atoms with van der Waals surface area (Å²) in [4.78, 5) is 24.5. The molecule has 15 heavy (non-hydrogen) atoms. The Bertz CT molecular complexity index is 247. The lowest BCUT2D eigenvalue weighted by Gasteiger charge is -2.39. The number of hydrogen-bond acceptors (Lipinski definition) is 2. The van der Waals surface area contributed by atoms with Crippen LogP contribution in [0.25, 0.3) is 0 Å². The van der Waals surface area contributed by atoms with E-state index in [1.165, 1.54) is 0 Å². The van der Waals surface area contributed by atoms with Crippen LogP contribution in [0.5, 0.6) is 0 Å². The largest absolute Gasteiger partial charge is 0.350 e. The Labute approximate surface area is 91.0 Å². The van der Waals surface area contributed by atoms with E-state index in [-0.39, 0.29) is 23.8 Å². The summed E-state index contributed by atoms with van der Waals surface area (Å²) >= 11 is 0. The van der Waals surface area contributed by atoms with E-state index < -0.39 is 0 Å². The third-order valence-electron chi connectivity index (χ3n) is 2.94. The van der Waals surface area contributed by atoms with Crippen LogP contribution in [0, 0.1) is 5.92 Å². The molecule has 0 saturated carbocycles. The molecule has 1 fully saturated rings. The number of likely N-dealkylation sites (tertiary alicyclic amines) is 1. The van der Waals surface area contributed by atoms with Crippen LogP contribution in [0.2, 0.25) is 0 Å². The van der Waals surface area contributed by atoms with Crippen molar-refractivity contribution in [2.24, 2.45) is 5.92 Å². The molecule has 1 saturated heterocycles. The summed E-state index contributed by atoms with van der Waals surface area (Å²) in [6, 6.07) is 0.169. The third kappa shape index (κ3) is 2.94. The van der Waals surface area contributed by atoms with Gasteiger partial charge in [0, 0.05) is 25.4 Å². The van der Waals surface area contributed by atoms with Crippen LogP contribution in [0.4, 0.5) is 0 Å². The highest BCUT2D eigenvalue weighted by molar-refractivity contribution is 5.80. The van der Waals surface area contributed by atoms with Crippen molar-refractivity contribution in [2.45, 2.75) is 39.7 Å². The van der Waals surface area contributed by atoms with Crippen LogP contribution >= 0.6 is 0 Å². The highest BCUT2D eigenvalue weighted by Crippen LogP contribution is 2.10. The molecule has 1 heterocycles. The highest BCUT2D eigenvalue weighted by atomic mass is 16.2. The van der Waals surface area contributed by atoms with Crippen molar-refractivity contribution in [3.8, 4) is 0 Å². The molecule has 0 aromatic heterocycles. The smallest absolute Gasteiger partial charge is 0.223 e. The normalized spacial score (nSPS) is 18.2. The molecule has 1 rings (SSSR count). The van der Waals surface area contributed by atoms with Gasteiger partial charge in [0.2, 0.25) is 11.8 Å². The van der Waals surface area contributed by atoms with Crippen molar-refractivity contribution in [3.05, 3.63) is 0 Å². The van der Waals surface area contributed by atoms with Crippen molar-refractivity contribution in [1.82, 2.24) is 10.2 Å². The Morgan fingerprint density at radius 2 is 2.00 bits per heavy atom. The van der Waals surface area contributed by atoms with Crippen LogP contribution in [0.15, 0.2) is 0 Å². The minimum atomic E-state index is 0.0703. The minimum Gasteiger partial charge on any atom is -0.350 e. The zero-order chi connectivity index (χ0) is 11.4. The Balaban J connectivity index is 2.23. The standard InChI is InChI=1S/C11H20N2O2/c1-4-8(3)11(15)12-9-6-13(7-9)10(14)5-2/h8-9H,4-7H2,1-3H3,(H,12,15). The van der Waals surface area contributed by atoms with Gasteiger partial charge in [0.15, 0.2) is 0 Å². The van der Waals surface area contributed by atoms with Crippen LogP contribution in [0.3, 0.4) is 0 Å². The van der Waals surface area contributed by atoms with E-state index in [0.29, 0.717) is 19.5 Å². The lowest BCUT2D eigenvalue weighted by molar-refractivity contribution is -0.138. The number of amides is 2. The molecule has 0 aromatic carbocycles. The lowest BCUT2D eigenvalue weighted by atomic mass is 10.0. The molecule has 1 N–H and O–H groups in total. The Morgan fingerprint density at radius 3 is 2.47 bits per heavy atom. The molecule has 86 valence electrons. The summed E-state index contributed by atoms with van der Waals surface area (Å²) in [5.74, 6) is 0.344. The Morgan fingerprint density at radius 1 is 1.40 bits per heavy atom. The maximum Gasteiger partial charge on any atom is 0.223 e. The molecule has 0 spiro atoms. The summed E-state index contributed by atoms with van der Waals surface area (Å²) in [6.07, 6.45) is 1.40. The van der Waals surface area contributed by atoms with Gasteiger partial charge in [0.25, 0.3) is 0 Å². The molecule has 2 amide bonds. The lowest BCUT2D eigenvalue weighted by Crippen LogP contribution is -2.61. The molecule has 1 aliphatic rings. The number of carbonyl (C=O) groups is 2. The van der Waals surface area contributed by atoms with Gasteiger partial charge in [-0.25, -0.2) is 0 Å². The van der Waals surface area contributed by atoms with E-state index in [9.17, 15) is 9.59 Å². The van der Waals surface area contributed by atoms with Crippen molar-refractivity contribution >= 4 is 11.8 Å². The number of rotatable bonds is 4. The topological polar surface area (TPSA) is 49.4 Å². The number of hydrogen-bond donors (Lipinski definition) is 1. The maximum atomic E-state index is 11.5. The van der Waals surface area contributed by atoms with E-state index in [1.807, 2.05) is 20.8 Å². The average molecular weight is 212 g/mol. The van der Waals surface area contributed by atoms with Crippen molar-refractivity contribution in [1.29, 1.82) is 0 Å². The second-order valence-corrected chi connectivity index (χ2v) is 4.17. The SMILES string of the molecule is CCC(=O)N1CC(NC(=O)C(C)CC)C1. The summed E-state index contributed by atoms with van der Waals surface area (Å²) in [5, 5.41) is 2.94. The number of nitrogens with one attached hydrogen (secondary N) is 1. The van der Waals surface area contributed by atoms with Gasteiger partial charge < -0.3 is 10.2 Å². The first-order valence-corrected chi connectivity index (χ1v) is 5.66. The number of carbonyl (C=O) groups excluding carboxylic acids is 2. The Hall–Kier alpha value is -1.06. The fourth-order valence-electron chi connectivity index (χ4n) is 1.53. The average Bonchev–Trinajstić information content (AvgIpc) is 2.20. The van der Waals surface area contributed by atoms with Gasteiger partial charge in [-0.3, -0.25) is 9.59 Å². The quantitative estimate of drug-likeness (QED) is 0.748. The molecule has 1 unspecified atom stereocenters. The zero-order valence-electron chi connectivity index (χ0n) is 9.75. The van der Waals surface area contributed by atoms with E-state index in [4.69, 9.17) is 0 Å². The third-order valence-corrected chi connectivity index (χ3v) is 2.94. The molecule has 1 aliphatic heterocycles. The van der Waals surface area contributed by atoms with Gasteiger partial charge in [-0.1, -0.05) is 20.8 Å². The maximum absolute atomic E-state index is 11.5. The predicted octanol–water partition coefficient (Wildman–Crippen LogP) is 0.769. The first-order chi connectivity index (χ1) is 7.08. The highest BCUT2D eigenvalue weighted by Gasteiger charge is 2.31. The predicted molar refractivity (Wildman–Crippen MR) is 58.3 cm³/mol. The van der Waals surface area contributed by atoms with Crippen LogP contribution in [-0.2, 0) is 9.59 Å². The minimum absolute atomic E-state index is 0.0703. The van der Waals surface area contributed by atoms with E-state index >= 15 is 0 Å².